The lowest BCUT2D eigenvalue weighted by atomic mass is 10.1. The number of rotatable bonds is 13. The molecule has 5 heteroatoms. The van der Waals surface area contributed by atoms with Crippen LogP contribution in [0, 0.1) is 0 Å². The van der Waals surface area contributed by atoms with Crippen LogP contribution in [0.2, 0.25) is 0 Å². The van der Waals surface area contributed by atoms with Crippen LogP contribution < -0.4 is 0 Å². The molecule has 5 nitrogen and oxygen atoms in total. The summed E-state index contributed by atoms with van der Waals surface area (Å²) < 4.78 is 0. The SMILES string of the molecule is CCCCCCCCCCCCCC(=O)ON1C(=O)c2ccccc2C1=O. The summed E-state index contributed by atoms with van der Waals surface area (Å²) in [5.74, 6) is -1.66. The molecule has 1 aliphatic heterocycles. The van der Waals surface area contributed by atoms with Gasteiger partial charge in [0, 0.05) is 6.42 Å². The fraction of sp³-hybridized carbons (Fsp3) is 0.591. The van der Waals surface area contributed by atoms with Gasteiger partial charge in [-0.2, -0.15) is 0 Å². The number of hydrogen-bond donors (Lipinski definition) is 0. The van der Waals surface area contributed by atoms with E-state index in [1.807, 2.05) is 0 Å². The highest BCUT2D eigenvalue weighted by Crippen LogP contribution is 2.23. The van der Waals surface area contributed by atoms with Gasteiger partial charge in [0.15, 0.2) is 0 Å². The molecule has 0 saturated heterocycles. The highest BCUT2D eigenvalue weighted by molar-refractivity contribution is 6.20. The molecule has 0 fully saturated rings. The van der Waals surface area contributed by atoms with Gasteiger partial charge in [0.25, 0.3) is 11.8 Å². The second kappa shape index (κ2) is 11.5. The summed E-state index contributed by atoms with van der Waals surface area (Å²) in [5, 5.41) is 0.589. The van der Waals surface area contributed by atoms with Gasteiger partial charge in [-0.25, -0.2) is 4.79 Å². The molecule has 1 heterocycles. The Morgan fingerprint density at radius 3 is 1.70 bits per heavy atom. The van der Waals surface area contributed by atoms with Crippen molar-refractivity contribution in [3.05, 3.63) is 35.4 Å². The molecule has 0 unspecified atom stereocenters. The van der Waals surface area contributed by atoms with Crippen molar-refractivity contribution in [1.29, 1.82) is 0 Å². The van der Waals surface area contributed by atoms with Crippen molar-refractivity contribution < 1.29 is 19.2 Å². The lowest BCUT2D eigenvalue weighted by Gasteiger charge is -2.12. The first-order valence-corrected chi connectivity index (χ1v) is 10.3. The Morgan fingerprint density at radius 2 is 1.22 bits per heavy atom. The van der Waals surface area contributed by atoms with E-state index in [0.717, 1.165) is 19.3 Å². The summed E-state index contributed by atoms with van der Waals surface area (Å²) in [4.78, 5) is 41.2. The van der Waals surface area contributed by atoms with Crippen molar-refractivity contribution >= 4 is 17.8 Å². The minimum atomic E-state index is -0.567. The first-order chi connectivity index (χ1) is 13.1. The Bertz CT molecular complexity index is 606. The van der Waals surface area contributed by atoms with Gasteiger partial charge in [-0.05, 0) is 18.6 Å². The second-order valence-corrected chi connectivity index (χ2v) is 7.20. The van der Waals surface area contributed by atoms with Gasteiger partial charge in [-0.15, -0.1) is 0 Å². The molecule has 1 aromatic rings. The van der Waals surface area contributed by atoms with Crippen LogP contribution >= 0.6 is 0 Å². The van der Waals surface area contributed by atoms with Crippen LogP contribution in [0.3, 0.4) is 0 Å². The predicted octanol–water partition coefficient (Wildman–Crippen LogP) is 5.44. The molecular formula is C22H31NO4. The molecule has 2 amide bonds. The topological polar surface area (TPSA) is 63.7 Å². The summed E-state index contributed by atoms with van der Waals surface area (Å²) in [6.45, 7) is 2.23. The molecule has 1 aliphatic rings. The molecule has 2 rings (SSSR count). The Balaban J connectivity index is 1.54. The Hall–Kier alpha value is -2.17. The average Bonchev–Trinajstić information content (AvgIpc) is 2.91. The molecule has 0 atom stereocenters. The van der Waals surface area contributed by atoms with Crippen molar-refractivity contribution in [3.63, 3.8) is 0 Å². The third kappa shape index (κ3) is 6.49. The van der Waals surface area contributed by atoms with E-state index in [9.17, 15) is 14.4 Å². The number of carbonyl (C=O) groups is 3. The van der Waals surface area contributed by atoms with Gasteiger partial charge in [-0.3, -0.25) is 9.59 Å². The van der Waals surface area contributed by atoms with Crippen molar-refractivity contribution in [1.82, 2.24) is 5.06 Å². The summed E-state index contributed by atoms with van der Waals surface area (Å²) in [5.41, 5.74) is 0.565. The van der Waals surface area contributed by atoms with Crippen LogP contribution in [0.4, 0.5) is 0 Å². The fourth-order valence-corrected chi connectivity index (χ4v) is 3.33. The van der Waals surface area contributed by atoms with Gasteiger partial charge < -0.3 is 4.84 Å². The van der Waals surface area contributed by atoms with Crippen LogP contribution in [0.5, 0.6) is 0 Å². The number of fused-ring (bicyclic) bond motifs is 1. The quantitative estimate of drug-likeness (QED) is 0.341. The van der Waals surface area contributed by atoms with Crippen molar-refractivity contribution in [3.8, 4) is 0 Å². The molecule has 0 aliphatic carbocycles. The Kier molecular flexibility index (Phi) is 9.02. The van der Waals surface area contributed by atoms with E-state index in [0.29, 0.717) is 5.06 Å². The maximum atomic E-state index is 12.1. The Morgan fingerprint density at radius 1 is 0.778 bits per heavy atom. The molecule has 0 N–H and O–H groups in total. The number of nitrogens with zero attached hydrogens (tertiary/aromatic N) is 1. The van der Waals surface area contributed by atoms with E-state index in [4.69, 9.17) is 4.84 Å². The van der Waals surface area contributed by atoms with Gasteiger partial charge in [0.1, 0.15) is 0 Å². The van der Waals surface area contributed by atoms with Crippen molar-refractivity contribution in [2.24, 2.45) is 0 Å². The summed E-state index contributed by atoms with van der Waals surface area (Å²) in [6.07, 6.45) is 13.4. The molecule has 0 aromatic heterocycles. The number of carbonyl (C=O) groups excluding carboxylic acids is 3. The van der Waals surface area contributed by atoms with Crippen molar-refractivity contribution in [2.45, 2.75) is 84.0 Å². The average molecular weight is 373 g/mol. The zero-order valence-corrected chi connectivity index (χ0v) is 16.4. The monoisotopic (exact) mass is 373 g/mol. The number of hydroxylamine groups is 2. The zero-order chi connectivity index (χ0) is 19.5. The van der Waals surface area contributed by atoms with Crippen LogP contribution in [0.25, 0.3) is 0 Å². The van der Waals surface area contributed by atoms with Crippen LogP contribution in [0.15, 0.2) is 24.3 Å². The zero-order valence-electron chi connectivity index (χ0n) is 16.4. The molecule has 148 valence electrons. The Labute approximate surface area is 162 Å². The minimum Gasteiger partial charge on any atom is -0.330 e. The fourth-order valence-electron chi connectivity index (χ4n) is 3.33. The number of amides is 2. The molecular weight excluding hydrogens is 342 g/mol. The minimum absolute atomic E-state index is 0.227. The van der Waals surface area contributed by atoms with E-state index in [-0.39, 0.29) is 17.5 Å². The van der Waals surface area contributed by atoms with Crippen LogP contribution in [0.1, 0.15) is 105 Å². The highest BCUT2D eigenvalue weighted by atomic mass is 16.7. The van der Waals surface area contributed by atoms with Gasteiger partial charge >= 0.3 is 5.97 Å². The third-order valence-corrected chi connectivity index (χ3v) is 4.93. The molecule has 0 spiro atoms. The van der Waals surface area contributed by atoms with Gasteiger partial charge in [0.2, 0.25) is 0 Å². The number of imide groups is 1. The highest BCUT2D eigenvalue weighted by Gasteiger charge is 2.38. The summed E-state index contributed by atoms with van der Waals surface area (Å²) in [7, 11) is 0. The van der Waals surface area contributed by atoms with E-state index in [1.165, 1.54) is 51.4 Å². The first-order valence-electron chi connectivity index (χ1n) is 10.3. The number of hydrogen-bond acceptors (Lipinski definition) is 4. The van der Waals surface area contributed by atoms with Gasteiger partial charge in [-0.1, -0.05) is 88.3 Å². The largest absolute Gasteiger partial charge is 0.333 e. The van der Waals surface area contributed by atoms with E-state index >= 15 is 0 Å². The number of benzene rings is 1. The lowest BCUT2D eigenvalue weighted by Crippen LogP contribution is -2.32. The smallest absolute Gasteiger partial charge is 0.330 e. The van der Waals surface area contributed by atoms with E-state index < -0.39 is 17.8 Å². The van der Waals surface area contributed by atoms with E-state index in [1.54, 1.807) is 24.3 Å². The second-order valence-electron chi connectivity index (χ2n) is 7.20. The van der Waals surface area contributed by atoms with Crippen LogP contribution in [-0.4, -0.2) is 22.8 Å². The molecule has 1 aromatic carbocycles. The van der Waals surface area contributed by atoms with Gasteiger partial charge in [0.05, 0.1) is 11.1 Å². The lowest BCUT2D eigenvalue weighted by molar-refractivity contribution is -0.168. The predicted molar refractivity (Wildman–Crippen MR) is 104 cm³/mol. The normalized spacial score (nSPS) is 13.1. The third-order valence-electron chi connectivity index (χ3n) is 4.93. The summed E-state index contributed by atoms with van der Waals surface area (Å²) >= 11 is 0. The van der Waals surface area contributed by atoms with E-state index in [2.05, 4.69) is 6.92 Å². The number of unbranched alkanes of at least 4 members (excludes halogenated alkanes) is 10. The maximum Gasteiger partial charge on any atom is 0.333 e. The standard InChI is InChI=1S/C22H31NO4/c1-2-3-4-5-6-7-8-9-10-11-12-17-20(24)27-23-21(25)18-15-13-14-16-19(18)22(23)26/h13-16H,2-12,17H2,1H3. The van der Waals surface area contributed by atoms with Crippen molar-refractivity contribution in [2.75, 3.05) is 0 Å². The first kappa shape index (κ1) is 21.1. The molecule has 0 radical (unpaired) electrons. The van der Waals surface area contributed by atoms with Crippen LogP contribution in [-0.2, 0) is 9.63 Å². The maximum absolute atomic E-state index is 12.1. The molecule has 27 heavy (non-hydrogen) atoms. The molecule has 0 saturated carbocycles. The summed E-state index contributed by atoms with van der Waals surface area (Å²) in [6, 6.07) is 6.49. The molecule has 0 bridgehead atoms.